The summed E-state index contributed by atoms with van der Waals surface area (Å²) in [5.74, 6) is 0.428. The molecular formula is C20H33N3O7S2Si. The van der Waals surface area contributed by atoms with Gasteiger partial charge in [0.2, 0.25) is 0 Å². The van der Waals surface area contributed by atoms with Gasteiger partial charge >= 0.3 is 5.69 Å². The quantitative estimate of drug-likeness (QED) is 0.437. The summed E-state index contributed by atoms with van der Waals surface area (Å²) >= 11 is 1.47. The first kappa shape index (κ1) is 25.1. The van der Waals surface area contributed by atoms with Crippen molar-refractivity contribution in [1.82, 2.24) is 14.9 Å². The van der Waals surface area contributed by atoms with Gasteiger partial charge in [-0.25, -0.2) is 4.79 Å². The molecule has 4 rings (SSSR count). The molecule has 3 aliphatic heterocycles. The highest BCUT2D eigenvalue weighted by atomic mass is 32.2. The lowest BCUT2D eigenvalue weighted by molar-refractivity contribution is -0.0433. The second-order valence-electron chi connectivity index (χ2n) is 10.5. The number of nitrogens with one attached hydrogen (secondary N) is 2. The highest BCUT2D eigenvalue weighted by molar-refractivity contribution is 8.02. The molecule has 0 aliphatic carbocycles. The van der Waals surface area contributed by atoms with Crippen LogP contribution in [0.5, 0.6) is 0 Å². The Morgan fingerprint density at radius 1 is 1.33 bits per heavy atom. The van der Waals surface area contributed by atoms with Gasteiger partial charge in [0.25, 0.3) is 15.7 Å². The molecule has 0 radical (unpaired) electrons. The van der Waals surface area contributed by atoms with Crippen LogP contribution in [0, 0.1) is 6.92 Å². The van der Waals surface area contributed by atoms with Crippen molar-refractivity contribution in [3.05, 3.63) is 32.6 Å². The molecule has 4 heterocycles. The summed E-state index contributed by atoms with van der Waals surface area (Å²) in [5, 5.41) is 3.17. The zero-order valence-electron chi connectivity index (χ0n) is 20.1. The first-order valence-electron chi connectivity index (χ1n) is 11.1. The number of aromatic nitrogens is 2. The highest BCUT2D eigenvalue weighted by Crippen LogP contribution is 2.60. The third-order valence-electron chi connectivity index (χ3n) is 7.35. The maximum Gasteiger partial charge on any atom is 0.330 e. The van der Waals surface area contributed by atoms with Crippen LogP contribution in [-0.2, 0) is 23.5 Å². The van der Waals surface area contributed by atoms with Crippen molar-refractivity contribution >= 4 is 30.2 Å². The Balaban J connectivity index is 1.93. The van der Waals surface area contributed by atoms with Crippen molar-refractivity contribution in [2.45, 2.75) is 81.7 Å². The first-order valence-corrected chi connectivity index (χ1v) is 16.5. The number of hydrogen-bond acceptors (Lipinski definition) is 9. The predicted octanol–water partition coefficient (Wildman–Crippen LogP) is 1.28. The van der Waals surface area contributed by atoms with Crippen LogP contribution < -0.4 is 16.6 Å². The number of ether oxygens (including phenoxy) is 1. The molecule has 5 atom stereocenters. The molecule has 0 saturated carbocycles. The van der Waals surface area contributed by atoms with Gasteiger partial charge < -0.3 is 9.16 Å². The summed E-state index contributed by atoms with van der Waals surface area (Å²) < 4.78 is 46.2. The summed E-state index contributed by atoms with van der Waals surface area (Å²) in [6, 6.07) is 0. The standard InChI is InChI=1S/C20H33N3O7S2Si/c1-8-31-19-11-32(26,27)30-20(19)13(9-21-19)28-16(14(20)29-33(6,7)18(3,4)5)23-10-12(2)15(24)22-17(23)25/h10,13-14,16,21H,8-9,11H2,1-7H3,(H,22,24,25)/t13-,14+,16-,19-,20-/m1/s1. The Labute approximate surface area is 199 Å². The Kier molecular flexibility index (Phi) is 5.92. The van der Waals surface area contributed by atoms with E-state index in [1.807, 2.05) is 6.92 Å². The van der Waals surface area contributed by atoms with E-state index < -0.39 is 58.6 Å². The van der Waals surface area contributed by atoms with E-state index in [1.54, 1.807) is 6.92 Å². The maximum absolute atomic E-state index is 12.9. The zero-order chi connectivity index (χ0) is 24.6. The fourth-order valence-electron chi connectivity index (χ4n) is 4.72. The number of aryl methyl sites for hydroxylation is 1. The van der Waals surface area contributed by atoms with E-state index in [-0.39, 0.29) is 10.8 Å². The van der Waals surface area contributed by atoms with Crippen LogP contribution in [0.4, 0.5) is 0 Å². The fraction of sp³-hybridized carbons (Fsp3) is 0.800. The molecule has 186 valence electrons. The molecule has 0 bridgehead atoms. The number of aromatic amines is 1. The Morgan fingerprint density at radius 2 is 2.00 bits per heavy atom. The molecular weight excluding hydrogens is 486 g/mol. The van der Waals surface area contributed by atoms with E-state index >= 15 is 0 Å². The van der Waals surface area contributed by atoms with Crippen LogP contribution >= 0.6 is 11.8 Å². The number of hydrogen-bond donors (Lipinski definition) is 2. The monoisotopic (exact) mass is 519 g/mol. The van der Waals surface area contributed by atoms with Gasteiger partial charge in [-0.05, 0) is 30.8 Å². The number of rotatable bonds is 5. The fourth-order valence-corrected chi connectivity index (χ4v) is 9.66. The van der Waals surface area contributed by atoms with E-state index in [1.165, 1.54) is 22.5 Å². The smallest absolute Gasteiger partial charge is 0.330 e. The summed E-state index contributed by atoms with van der Waals surface area (Å²) in [5.41, 5.74) is -2.13. The topological polar surface area (TPSA) is 129 Å². The third kappa shape index (κ3) is 3.71. The normalized spacial score (nSPS) is 35.5. The summed E-state index contributed by atoms with van der Waals surface area (Å²) in [6.45, 7) is 14.3. The van der Waals surface area contributed by atoms with Crippen molar-refractivity contribution in [1.29, 1.82) is 0 Å². The minimum absolute atomic E-state index is 0.192. The van der Waals surface area contributed by atoms with Crippen LogP contribution in [0.15, 0.2) is 15.8 Å². The Morgan fingerprint density at radius 3 is 2.61 bits per heavy atom. The summed E-state index contributed by atoms with van der Waals surface area (Å²) in [6.07, 6.45) is -1.07. The number of H-pyrrole nitrogens is 1. The largest absolute Gasteiger partial charge is 0.406 e. The second-order valence-corrected chi connectivity index (χ2v) is 18.4. The molecule has 0 unspecified atom stereocenters. The number of thioether (sulfide) groups is 1. The third-order valence-corrected chi connectivity index (χ3v) is 14.7. The molecule has 3 fully saturated rings. The molecule has 0 amide bonds. The van der Waals surface area contributed by atoms with E-state index in [9.17, 15) is 18.0 Å². The van der Waals surface area contributed by atoms with Gasteiger partial charge in [-0.2, -0.15) is 8.42 Å². The average Bonchev–Trinajstić information content (AvgIpc) is 3.18. The molecule has 10 nitrogen and oxygen atoms in total. The molecule has 13 heteroatoms. The maximum atomic E-state index is 12.9. The molecule has 1 aromatic rings. The molecule has 3 aliphatic rings. The molecule has 1 aromatic heterocycles. The molecule has 3 saturated heterocycles. The van der Waals surface area contributed by atoms with Crippen LogP contribution in [0.2, 0.25) is 18.1 Å². The van der Waals surface area contributed by atoms with Gasteiger partial charge in [-0.1, -0.05) is 27.7 Å². The molecule has 33 heavy (non-hydrogen) atoms. The average molecular weight is 520 g/mol. The minimum Gasteiger partial charge on any atom is -0.406 e. The van der Waals surface area contributed by atoms with Crippen molar-refractivity contribution < 1.29 is 21.8 Å². The van der Waals surface area contributed by atoms with Crippen molar-refractivity contribution in [2.24, 2.45) is 0 Å². The van der Waals surface area contributed by atoms with Gasteiger partial charge in [0, 0.05) is 18.3 Å². The lowest BCUT2D eigenvalue weighted by atomic mass is 9.88. The number of nitrogens with zero attached hydrogens (tertiary/aromatic N) is 1. The summed E-state index contributed by atoms with van der Waals surface area (Å²) in [4.78, 5) is 26.2. The lowest BCUT2D eigenvalue weighted by Gasteiger charge is -2.45. The van der Waals surface area contributed by atoms with Gasteiger partial charge in [0.15, 0.2) is 20.1 Å². The van der Waals surface area contributed by atoms with Crippen LogP contribution in [0.3, 0.4) is 0 Å². The Hall–Kier alpha value is -0.963. The minimum atomic E-state index is -3.88. The second kappa shape index (κ2) is 7.77. The van der Waals surface area contributed by atoms with Crippen LogP contribution in [0.1, 0.15) is 39.5 Å². The van der Waals surface area contributed by atoms with E-state index in [0.717, 1.165) is 0 Å². The lowest BCUT2D eigenvalue weighted by Crippen LogP contribution is -2.64. The highest BCUT2D eigenvalue weighted by Gasteiger charge is 2.79. The van der Waals surface area contributed by atoms with Gasteiger partial charge in [-0.3, -0.25) is 23.8 Å². The molecule has 2 N–H and O–H groups in total. The summed E-state index contributed by atoms with van der Waals surface area (Å²) in [7, 11) is -6.37. The van der Waals surface area contributed by atoms with Crippen molar-refractivity contribution in [3.63, 3.8) is 0 Å². The van der Waals surface area contributed by atoms with E-state index in [2.05, 4.69) is 44.2 Å². The van der Waals surface area contributed by atoms with Gasteiger partial charge in [0.05, 0.1) is 0 Å². The zero-order valence-corrected chi connectivity index (χ0v) is 22.7. The van der Waals surface area contributed by atoms with Crippen molar-refractivity contribution in [2.75, 3.05) is 18.1 Å². The van der Waals surface area contributed by atoms with Crippen molar-refractivity contribution in [3.8, 4) is 0 Å². The SMILES string of the molecule is CCS[C@]12CS(=O)(=O)O[C@@]13[C@@H](CN2)O[C@@H](n1cc(C)c(=O)[nH]c1=O)[C@@H]3O[Si](C)(C)C(C)(C)C. The van der Waals surface area contributed by atoms with E-state index in [4.69, 9.17) is 13.3 Å². The molecule has 0 aromatic carbocycles. The van der Waals surface area contributed by atoms with Crippen LogP contribution in [-0.4, -0.2) is 67.0 Å². The first-order chi connectivity index (χ1) is 15.1. The van der Waals surface area contributed by atoms with Gasteiger partial charge in [0.1, 0.15) is 22.8 Å². The van der Waals surface area contributed by atoms with Gasteiger partial charge in [-0.15, -0.1) is 11.8 Å². The van der Waals surface area contributed by atoms with Crippen LogP contribution in [0.25, 0.3) is 0 Å². The predicted molar refractivity (Wildman–Crippen MR) is 129 cm³/mol. The molecule has 1 spiro atoms. The van der Waals surface area contributed by atoms with E-state index in [0.29, 0.717) is 17.9 Å². The Bertz CT molecular complexity index is 1170.